The third kappa shape index (κ3) is 5.40. The van der Waals surface area contributed by atoms with E-state index in [-0.39, 0.29) is 12.1 Å². The van der Waals surface area contributed by atoms with E-state index in [0.717, 1.165) is 65.0 Å². The lowest BCUT2D eigenvalue weighted by atomic mass is 9.93. The predicted octanol–water partition coefficient (Wildman–Crippen LogP) is 5.17. The minimum absolute atomic E-state index is 0.0978. The van der Waals surface area contributed by atoms with Crippen molar-refractivity contribution >= 4 is 22.9 Å². The van der Waals surface area contributed by atoms with E-state index in [9.17, 15) is 4.79 Å². The molecule has 7 heteroatoms. The van der Waals surface area contributed by atoms with E-state index in [4.69, 9.17) is 4.98 Å². The summed E-state index contributed by atoms with van der Waals surface area (Å²) in [5.41, 5.74) is 6.33. The second-order valence-electron chi connectivity index (χ2n) is 11.2. The van der Waals surface area contributed by atoms with Crippen LogP contribution in [0.1, 0.15) is 55.2 Å². The van der Waals surface area contributed by atoms with Gasteiger partial charge in [0.2, 0.25) is 0 Å². The zero-order valence-corrected chi connectivity index (χ0v) is 23.0. The molecule has 1 atom stereocenters. The fraction of sp³-hybridized carbons (Fsp3) is 0.533. The second kappa shape index (κ2) is 10.7. The van der Waals surface area contributed by atoms with Crippen molar-refractivity contribution in [3.8, 4) is 10.4 Å². The van der Waals surface area contributed by atoms with Crippen molar-refractivity contribution in [1.29, 1.82) is 0 Å². The summed E-state index contributed by atoms with van der Waals surface area (Å²) in [4.78, 5) is 27.5. The predicted molar refractivity (Wildman–Crippen MR) is 152 cm³/mol. The molecule has 6 rings (SSSR count). The van der Waals surface area contributed by atoms with Gasteiger partial charge in [-0.1, -0.05) is 25.0 Å². The maximum absolute atomic E-state index is 12.9. The highest BCUT2D eigenvalue weighted by Gasteiger charge is 2.29. The monoisotopic (exact) mass is 517 g/mol. The van der Waals surface area contributed by atoms with E-state index >= 15 is 0 Å². The molecular formula is C30H39N5OS. The van der Waals surface area contributed by atoms with Crippen molar-refractivity contribution in [2.24, 2.45) is 0 Å². The van der Waals surface area contributed by atoms with Gasteiger partial charge >= 0.3 is 6.03 Å². The third-order valence-electron chi connectivity index (χ3n) is 8.53. The molecule has 0 spiro atoms. The molecule has 2 fully saturated rings. The molecule has 2 aliphatic heterocycles. The van der Waals surface area contributed by atoms with Gasteiger partial charge in [0.15, 0.2) is 0 Å². The molecule has 1 saturated carbocycles. The Hall–Kier alpha value is -2.48. The first-order valence-corrected chi connectivity index (χ1v) is 14.8. The van der Waals surface area contributed by atoms with Crippen LogP contribution in [0.25, 0.3) is 16.0 Å². The maximum Gasteiger partial charge on any atom is 0.318 e. The van der Waals surface area contributed by atoms with Gasteiger partial charge in [0, 0.05) is 84.9 Å². The van der Waals surface area contributed by atoms with Gasteiger partial charge in [0.1, 0.15) is 0 Å². The maximum atomic E-state index is 12.9. The van der Waals surface area contributed by atoms with Crippen molar-refractivity contribution in [1.82, 2.24) is 25.0 Å². The number of pyridine rings is 1. The van der Waals surface area contributed by atoms with Crippen LogP contribution in [0.2, 0.25) is 0 Å². The summed E-state index contributed by atoms with van der Waals surface area (Å²) in [6, 6.07) is 7.46. The highest BCUT2D eigenvalue weighted by atomic mass is 32.1. The topological polar surface area (TPSA) is 51.7 Å². The van der Waals surface area contributed by atoms with E-state index in [1.165, 1.54) is 50.6 Å². The van der Waals surface area contributed by atoms with Gasteiger partial charge in [0.25, 0.3) is 0 Å². The molecule has 2 aromatic heterocycles. The first-order valence-electron chi connectivity index (χ1n) is 14.0. The largest absolute Gasteiger partial charge is 0.335 e. The number of hydrogen-bond donors (Lipinski definition) is 1. The molecule has 0 radical (unpaired) electrons. The van der Waals surface area contributed by atoms with E-state index in [1.54, 1.807) is 0 Å². The highest BCUT2D eigenvalue weighted by molar-refractivity contribution is 7.15. The molecule has 1 N–H and O–H groups in total. The van der Waals surface area contributed by atoms with E-state index in [1.807, 2.05) is 22.4 Å². The Labute approximate surface area is 225 Å². The molecule has 0 bridgehead atoms. The van der Waals surface area contributed by atoms with Crippen LogP contribution in [0.4, 0.5) is 4.79 Å². The van der Waals surface area contributed by atoms with E-state index in [2.05, 4.69) is 59.4 Å². The first-order chi connectivity index (χ1) is 18.0. The minimum atomic E-state index is 0.0978. The van der Waals surface area contributed by atoms with Crippen LogP contribution in [0.15, 0.2) is 42.1 Å². The van der Waals surface area contributed by atoms with Gasteiger partial charge in [-0.15, -0.1) is 11.3 Å². The standard InChI is InChI=1S/C30H39N5OS/c1-21-17-22(11-12-35(21)30(36)32-24-5-3-4-6-24)26-8-9-28-27(26)18-23(19-31-28)29-10-7-25(37-29)20-34-15-13-33(2)14-16-34/h7-8,10,17-19,21,24H,3-6,9,11-16,20H2,1-2H3,(H,32,36). The average molecular weight is 518 g/mol. The Balaban J connectivity index is 1.14. The Morgan fingerprint density at radius 3 is 2.73 bits per heavy atom. The molecule has 2 amide bonds. The SMILES string of the molecule is CC1C=C(C2=CCc3ncc(-c4ccc(CN5CCN(C)CC5)s4)cc32)CCN1C(=O)NC1CCCC1. The van der Waals surface area contributed by atoms with Crippen LogP contribution in [0.3, 0.4) is 0 Å². The lowest BCUT2D eigenvalue weighted by molar-refractivity contribution is 0.149. The number of carbonyl (C=O) groups is 1. The second-order valence-corrected chi connectivity index (χ2v) is 12.4. The van der Waals surface area contributed by atoms with Crippen molar-refractivity contribution in [3.63, 3.8) is 0 Å². The number of amides is 2. The number of nitrogens with zero attached hydrogens (tertiary/aromatic N) is 4. The summed E-state index contributed by atoms with van der Waals surface area (Å²) < 4.78 is 0. The number of hydrogen-bond acceptors (Lipinski definition) is 5. The number of thiophene rings is 1. The molecule has 6 nitrogen and oxygen atoms in total. The number of urea groups is 1. The summed E-state index contributed by atoms with van der Waals surface area (Å²) >= 11 is 1.90. The van der Waals surface area contributed by atoms with Crippen LogP contribution in [0, 0.1) is 0 Å². The molecular weight excluding hydrogens is 478 g/mol. The first kappa shape index (κ1) is 24.8. The Kier molecular flexibility index (Phi) is 7.19. The number of likely N-dealkylation sites (N-methyl/N-ethyl adjacent to an activating group) is 1. The van der Waals surface area contributed by atoms with Crippen LogP contribution in [-0.2, 0) is 13.0 Å². The zero-order chi connectivity index (χ0) is 25.4. The van der Waals surface area contributed by atoms with Gasteiger partial charge in [-0.3, -0.25) is 9.88 Å². The summed E-state index contributed by atoms with van der Waals surface area (Å²) in [7, 11) is 2.21. The number of fused-ring (bicyclic) bond motifs is 1. The summed E-state index contributed by atoms with van der Waals surface area (Å²) in [6.07, 6.45) is 13.2. The van der Waals surface area contributed by atoms with Crippen molar-refractivity contribution in [3.05, 3.63) is 58.3 Å². The molecule has 1 saturated heterocycles. The van der Waals surface area contributed by atoms with Crippen LogP contribution < -0.4 is 5.32 Å². The van der Waals surface area contributed by atoms with Crippen LogP contribution in [-0.4, -0.2) is 77.6 Å². The minimum Gasteiger partial charge on any atom is -0.335 e. The van der Waals surface area contributed by atoms with Crippen LogP contribution >= 0.6 is 11.3 Å². The van der Waals surface area contributed by atoms with Crippen molar-refractivity contribution in [2.45, 2.75) is 64.1 Å². The van der Waals surface area contributed by atoms with E-state index in [0.29, 0.717) is 6.04 Å². The molecule has 1 unspecified atom stereocenters. The van der Waals surface area contributed by atoms with Gasteiger partial charge in [0.05, 0.1) is 5.69 Å². The number of nitrogens with one attached hydrogen (secondary N) is 1. The third-order valence-corrected chi connectivity index (χ3v) is 9.65. The number of carbonyl (C=O) groups excluding carboxylic acids is 1. The summed E-state index contributed by atoms with van der Waals surface area (Å²) in [5, 5.41) is 3.26. The highest BCUT2D eigenvalue weighted by Crippen LogP contribution is 2.38. The van der Waals surface area contributed by atoms with Crippen molar-refractivity contribution < 1.29 is 4.79 Å². The van der Waals surface area contributed by atoms with Gasteiger partial charge in [-0.05, 0) is 62.6 Å². The molecule has 2 aliphatic carbocycles. The molecule has 0 aromatic carbocycles. The molecule has 4 heterocycles. The lowest BCUT2D eigenvalue weighted by Gasteiger charge is -2.34. The number of rotatable bonds is 5. The fourth-order valence-electron chi connectivity index (χ4n) is 6.23. The van der Waals surface area contributed by atoms with Gasteiger partial charge in [-0.25, -0.2) is 4.79 Å². The van der Waals surface area contributed by atoms with Gasteiger partial charge in [-0.2, -0.15) is 0 Å². The summed E-state index contributed by atoms with van der Waals surface area (Å²) in [6.45, 7) is 8.55. The average Bonchev–Trinajstić information content (AvgIpc) is 3.66. The fourth-order valence-corrected chi connectivity index (χ4v) is 7.26. The smallest absolute Gasteiger partial charge is 0.318 e. The number of piperazine rings is 1. The molecule has 196 valence electrons. The van der Waals surface area contributed by atoms with Crippen molar-refractivity contribution in [2.75, 3.05) is 39.8 Å². The molecule has 37 heavy (non-hydrogen) atoms. The molecule has 2 aromatic rings. The van der Waals surface area contributed by atoms with Crippen LogP contribution in [0.5, 0.6) is 0 Å². The normalized spacial score (nSPS) is 23.2. The van der Waals surface area contributed by atoms with E-state index < -0.39 is 0 Å². The zero-order valence-electron chi connectivity index (χ0n) is 22.2. The number of allylic oxidation sites excluding steroid dienone is 2. The van der Waals surface area contributed by atoms with Gasteiger partial charge < -0.3 is 15.1 Å². The Morgan fingerprint density at radius 2 is 1.95 bits per heavy atom. The quantitative estimate of drug-likeness (QED) is 0.595. The molecule has 4 aliphatic rings. The summed E-state index contributed by atoms with van der Waals surface area (Å²) in [5.74, 6) is 0. The lowest BCUT2D eigenvalue weighted by Crippen LogP contribution is -2.49. The Morgan fingerprint density at radius 1 is 1.14 bits per heavy atom. The Bertz CT molecular complexity index is 1200. The number of aromatic nitrogens is 1.